The summed E-state index contributed by atoms with van der Waals surface area (Å²) in [6.45, 7) is 7.51. The number of hydrogen-bond acceptors (Lipinski definition) is 3. The van der Waals surface area contributed by atoms with E-state index in [2.05, 4.69) is 55.3 Å². The molecule has 1 heterocycles. The molecule has 2 aromatic rings. The molecule has 2 nitrogen and oxygen atoms in total. The van der Waals surface area contributed by atoms with Gasteiger partial charge in [-0.05, 0) is 38.3 Å². The maximum Gasteiger partial charge on any atom is 0.0900 e. The molecular weight excluding hydrogens is 252 g/mol. The summed E-state index contributed by atoms with van der Waals surface area (Å²) in [5.74, 6) is 0.679. The van der Waals surface area contributed by atoms with Gasteiger partial charge in [0.15, 0.2) is 0 Å². The van der Waals surface area contributed by atoms with Crippen molar-refractivity contribution in [3.05, 3.63) is 51.0 Å². The lowest BCUT2D eigenvalue weighted by molar-refractivity contribution is 0.483. The van der Waals surface area contributed by atoms with E-state index in [1.165, 1.54) is 28.1 Å². The third-order valence-electron chi connectivity index (χ3n) is 3.98. The van der Waals surface area contributed by atoms with Crippen LogP contribution in [0, 0.1) is 13.8 Å². The van der Waals surface area contributed by atoms with Crippen LogP contribution in [0.5, 0.6) is 0 Å². The number of rotatable bonds is 4. The highest BCUT2D eigenvalue weighted by atomic mass is 32.1. The molecule has 3 heteroatoms. The lowest BCUT2D eigenvalue weighted by Crippen LogP contribution is -2.31. The summed E-state index contributed by atoms with van der Waals surface area (Å²) in [5.41, 5.74) is 4.26. The number of benzene rings is 1. The van der Waals surface area contributed by atoms with Crippen LogP contribution in [0.4, 0.5) is 0 Å². The average Bonchev–Trinajstić information content (AvgIpc) is 2.69. The lowest BCUT2D eigenvalue weighted by atomic mass is 9.77. The van der Waals surface area contributed by atoms with Crippen LogP contribution >= 0.6 is 11.3 Å². The van der Waals surface area contributed by atoms with E-state index in [1.807, 2.05) is 0 Å². The number of nitrogens with zero attached hydrogens (tertiary/aromatic N) is 1. The van der Waals surface area contributed by atoms with E-state index in [0.717, 1.165) is 11.6 Å². The van der Waals surface area contributed by atoms with Crippen molar-refractivity contribution < 1.29 is 0 Å². The van der Waals surface area contributed by atoms with Gasteiger partial charge in [-0.15, -0.1) is 11.3 Å². The smallest absolute Gasteiger partial charge is 0.0900 e. The van der Waals surface area contributed by atoms with Crippen LogP contribution in [0.25, 0.3) is 0 Å². The molecule has 1 aromatic carbocycles. The fraction of sp³-hybridized carbons (Fsp3) is 0.438. The molecule has 0 spiro atoms. The van der Waals surface area contributed by atoms with E-state index in [9.17, 15) is 0 Å². The zero-order chi connectivity index (χ0) is 13.4. The number of nitrogens with one attached hydrogen (secondary N) is 1. The van der Waals surface area contributed by atoms with Gasteiger partial charge in [0.05, 0.1) is 10.7 Å². The van der Waals surface area contributed by atoms with Crippen molar-refractivity contribution in [2.75, 3.05) is 6.54 Å². The van der Waals surface area contributed by atoms with Gasteiger partial charge < -0.3 is 5.32 Å². The highest BCUT2D eigenvalue weighted by Crippen LogP contribution is 2.34. The van der Waals surface area contributed by atoms with Gasteiger partial charge in [-0.1, -0.05) is 24.3 Å². The van der Waals surface area contributed by atoms with Gasteiger partial charge in [0.25, 0.3) is 0 Å². The molecular formula is C16H20N2S. The van der Waals surface area contributed by atoms with E-state index >= 15 is 0 Å². The Balaban J connectivity index is 1.61. The normalized spacial score (nSPS) is 18.8. The number of aromatic nitrogens is 1. The fourth-order valence-corrected chi connectivity index (χ4v) is 3.82. The van der Waals surface area contributed by atoms with Crippen molar-refractivity contribution in [1.82, 2.24) is 10.3 Å². The monoisotopic (exact) mass is 272 g/mol. The second-order valence-corrected chi connectivity index (χ2v) is 6.81. The van der Waals surface area contributed by atoms with E-state index in [0.29, 0.717) is 12.0 Å². The Morgan fingerprint density at radius 3 is 2.84 bits per heavy atom. The molecule has 0 fully saturated rings. The number of thiazole rings is 1. The second-order valence-electron chi connectivity index (χ2n) is 5.40. The van der Waals surface area contributed by atoms with E-state index in [-0.39, 0.29) is 0 Å². The zero-order valence-electron chi connectivity index (χ0n) is 11.7. The quantitative estimate of drug-likeness (QED) is 0.917. The molecule has 0 amide bonds. The van der Waals surface area contributed by atoms with Gasteiger partial charge in [0.1, 0.15) is 0 Å². The summed E-state index contributed by atoms with van der Waals surface area (Å²) < 4.78 is 0. The van der Waals surface area contributed by atoms with Crippen LogP contribution in [0.2, 0.25) is 0 Å². The van der Waals surface area contributed by atoms with Crippen molar-refractivity contribution in [3.8, 4) is 0 Å². The van der Waals surface area contributed by atoms with Crippen molar-refractivity contribution >= 4 is 11.3 Å². The predicted molar refractivity (Wildman–Crippen MR) is 80.9 cm³/mol. The lowest BCUT2D eigenvalue weighted by Gasteiger charge is -2.31. The third kappa shape index (κ3) is 2.45. The van der Waals surface area contributed by atoms with Crippen LogP contribution in [0.15, 0.2) is 24.3 Å². The van der Waals surface area contributed by atoms with Crippen molar-refractivity contribution in [2.24, 2.45) is 0 Å². The van der Waals surface area contributed by atoms with Gasteiger partial charge >= 0.3 is 0 Å². The first kappa shape index (κ1) is 12.8. The van der Waals surface area contributed by atoms with Crippen LogP contribution in [-0.2, 0) is 6.42 Å². The molecule has 2 atom stereocenters. The van der Waals surface area contributed by atoms with E-state index in [1.54, 1.807) is 11.3 Å². The Bertz CT molecular complexity index is 588. The van der Waals surface area contributed by atoms with Crippen LogP contribution in [-0.4, -0.2) is 11.5 Å². The maximum absolute atomic E-state index is 4.63. The van der Waals surface area contributed by atoms with Crippen LogP contribution in [0.3, 0.4) is 0 Å². The number of aryl methyl sites for hydroxylation is 2. The summed E-state index contributed by atoms with van der Waals surface area (Å²) in [6, 6.07) is 9.12. The molecule has 0 saturated heterocycles. The van der Waals surface area contributed by atoms with Crippen molar-refractivity contribution in [1.29, 1.82) is 0 Å². The first-order valence-corrected chi connectivity index (χ1v) is 7.72. The van der Waals surface area contributed by atoms with Crippen LogP contribution in [0.1, 0.15) is 45.6 Å². The van der Waals surface area contributed by atoms with Gasteiger partial charge in [-0.3, -0.25) is 0 Å². The number of fused-ring (bicyclic) bond motifs is 1. The SMILES string of the molecule is Cc1nc(C(C)NCC2Cc3ccccc32)c(C)s1. The first-order chi connectivity index (χ1) is 9.15. The first-order valence-electron chi connectivity index (χ1n) is 6.90. The Morgan fingerprint density at radius 2 is 2.16 bits per heavy atom. The molecule has 0 saturated carbocycles. The molecule has 1 aliphatic rings. The Morgan fingerprint density at radius 1 is 1.37 bits per heavy atom. The summed E-state index contributed by atoms with van der Waals surface area (Å²) in [7, 11) is 0. The fourth-order valence-electron chi connectivity index (χ4n) is 2.91. The molecule has 0 bridgehead atoms. The highest BCUT2D eigenvalue weighted by Gasteiger charge is 2.25. The molecule has 0 aliphatic heterocycles. The Hall–Kier alpha value is -1.19. The Kier molecular flexibility index (Phi) is 3.42. The Labute approximate surface area is 118 Å². The summed E-state index contributed by atoms with van der Waals surface area (Å²) >= 11 is 1.79. The van der Waals surface area contributed by atoms with Gasteiger partial charge in [0, 0.05) is 23.4 Å². The second kappa shape index (κ2) is 5.06. The van der Waals surface area contributed by atoms with E-state index < -0.39 is 0 Å². The summed E-state index contributed by atoms with van der Waals surface area (Å²) in [4.78, 5) is 5.97. The molecule has 19 heavy (non-hydrogen) atoms. The average molecular weight is 272 g/mol. The van der Waals surface area contributed by atoms with Crippen molar-refractivity contribution in [2.45, 2.75) is 39.2 Å². The molecule has 100 valence electrons. The summed E-state index contributed by atoms with van der Waals surface area (Å²) in [5, 5.41) is 4.80. The molecule has 3 rings (SSSR count). The molecule has 1 aromatic heterocycles. The van der Waals surface area contributed by atoms with E-state index in [4.69, 9.17) is 0 Å². The highest BCUT2D eigenvalue weighted by molar-refractivity contribution is 7.11. The van der Waals surface area contributed by atoms with Gasteiger partial charge in [-0.25, -0.2) is 4.98 Å². The largest absolute Gasteiger partial charge is 0.308 e. The minimum Gasteiger partial charge on any atom is -0.308 e. The minimum atomic E-state index is 0.345. The van der Waals surface area contributed by atoms with Crippen LogP contribution < -0.4 is 5.32 Å². The third-order valence-corrected chi connectivity index (χ3v) is 4.88. The molecule has 2 unspecified atom stereocenters. The summed E-state index contributed by atoms with van der Waals surface area (Å²) in [6.07, 6.45) is 1.21. The standard InChI is InChI=1S/C16H20N2S/c1-10(16-11(2)19-12(3)18-16)17-9-14-8-13-6-4-5-7-15(13)14/h4-7,10,14,17H,8-9H2,1-3H3. The minimum absolute atomic E-state index is 0.345. The maximum atomic E-state index is 4.63. The van der Waals surface area contributed by atoms with Gasteiger partial charge in [-0.2, -0.15) is 0 Å². The molecule has 1 aliphatic carbocycles. The zero-order valence-corrected chi connectivity index (χ0v) is 12.6. The predicted octanol–water partition coefficient (Wildman–Crippen LogP) is 3.75. The number of hydrogen-bond donors (Lipinski definition) is 1. The molecule has 0 radical (unpaired) electrons. The van der Waals surface area contributed by atoms with Gasteiger partial charge in [0.2, 0.25) is 0 Å². The molecule has 1 N–H and O–H groups in total. The van der Waals surface area contributed by atoms with Crippen molar-refractivity contribution in [3.63, 3.8) is 0 Å². The topological polar surface area (TPSA) is 24.9 Å².